The van der Waals surface area contributed by atoms with E-state index in [4.69, 9.17) is 4.74 Å². The zero-order chi connectivity index (χ0) is 15.4. The first kappa shape index (κ1) is 18.1. The quantitative estimate of drug-likeness (QED) is 0.846. The van der Waals surface area contributed by atoms with E-state index in [0.717, 1.165) is 41.5 Å². The lowest BCUT2D eigenvalue weighted by molar-refractivity contribution is 0.414. The van der Waals surface area contributed by atoms with Crippen LogP contribution in [0.5, 0.6) is 5.75 Å². The number of hydrogen-bond donors (Lipinski definition) is 1. The molecule has 1 saturated heterocycles. The van der Waals surface area contributed by atoms with E-state index in [1.54, 1.807) is 31.0 Å². The van der Waals surface area contributed by atoms with E-state index in [0.29, 0.717) is 5.92 Å². The summed E-state index contributed by atoms with van der Waals surface area (Å²) in [6, 6.07) is 13.1. The minimum absolute atomic E-state index is 0. The summed E-state index contributed by atoms with van der Waals surface area (Å²) in [4.78, 5) is 2.12. The van der Waals surface area contributed by atoms with E-state index in [9.17, 15) is 4.39 Å². The zero-order valence-electron chi connectivity index (χ0n) is 13.0. The summed E-state index contributed by atoms with van der Waals surface area (Å²) in [6.07, 6.45) is 2.23. The molecule has 2 aromatic carbocycles. The van der Waals surface area contributed by atoms with Crippen LogP contribution in [0, 0.1) is 5.82 Å². The van der Waals surface area contributed by atoms with Gasteiger partial charge >= 0.3 is 0 Å². The van der Waals surface area contributed by atoms with Gasteiger partial charge in [0, 0.05) is 9.79 Å². The number of rotatable bonds is 4. The molecule has 1 aliphatic heterocycles. The summed E-state index contributed by atoms with van der Waals surface area (Å²) in [5.74, 6) is 1.18. The van der Waals surface area contributed by atoms with Crippen LogP contribution in [0.15, 0.2) is 52.3 Å². The molecule has 0 aromatic heterocycles. The maximum atomic E-state index is 13.7. The molecule has 0 atom stereocenters. The molecule has 5 heteroatoms. The Kier molecular flexibility index (Phi) is 6.75. The first-order valence-electron chi connectivity index (χ1n) is 7.58. The number of nitrogens with one attached hydrogen (secondary N) is 1. The molecule has 1 N–H and O–H groups in total. The van der Waals surface area contributed by atoms with Crippen LogP contribution in [-0.2, 0) is 0 Å². The lowest BCUT2D eigenvalue weighted by Gasteiger charge is -2.25. The van der Waals surface area contributed by atoms with Crippen molar-refractivity contribution in [3.05, 3.63) is 53.8 Å². The van der Waals surface area contributed by atoms with Gasteiger partial charge in [0.2, 0.25) is 0 Å². The van der Waals surface area contributed by atoms with Crippen LogP contribution in [0.3, 0.4) is 0 Å². The first-order valence-corrected chi connectivity index (χ1v) is 8.40. The molecular weight excluding hydrogens is 333 g/mol. The molecule has 0 bridgehead atoms. The molecule has 3 rings (SSSR count). The van der Waals surface area contributed by atoms with Crippen LogP contribution < -0.4 is 10.1 Å². The molecule has 0 aliphatic carbocycles. The van der Waals surface area contributed by atoms with Crippen molar-refractivity contribution in [2.24, 2.45) is 0 Å². The third-order valence-electron chi connectivity index (χ3n) is 4.04. The van der Waals surface area contributed by atoms with Crippen LogP contribution in [0.4, 0.5) is 4.39 Å². The van der Waals surface area contributed by atoms with Gasteiger partial charge in [-0.05, 0) is 73.8 Å². The van der Waals surface area contributed by atoms with E-state index in [1.807, 2.05) is 30.3 Å². The van der Waals surface area contributed by atoms with Gasteiger partial charge in [-0.15, -0.1) is 12.4 Å². The molecule has 0 radical (unpaired) electrons. The number of methoxy groups -OCH3 is 1. The topological polar surface area (TPSA) is 21.3 Å². The molecule has 1 fully saturated rings. The maximum Gasteiger partial charge on any atom is 0.124 e. The molecule has 2 aromatic rings. The first-order chi connectivity index (χ1) is 10.8. The largest absolute Gasteiger partial charge is 0.497 e. The van der Waals surface area contributed by atoms with Crippen molar-refractivity contribution in [2.45, 2.75) is 28.6 Å². The van der Waals surface area contributed by atoms with Gasteiger partial charge in [0.15, 0.2) is 0 Å². The number of hydrogen-bond acceptors (Lipinski definition) is 3. The summed E-state index contributed by atoms with van der Waals surface area (Å²) in [5.41, 5.74) is 1.27. The Morgan fingerprint density at radius 1 is 1.09 bits per heavy atom. The molecule has 0 spiro atoms. The van der Waals surface area contributed by atoms with Gasteiger partial charge in [-0.3, -0.25) is 0 Å². The van der Waals surface area contributed by atoms with Crippen molar-refractivity contribution in [3.63, 3.8) is 0 Å². The van der Waals surface area contributed by atoms with Gasteiger partial charge in [-0.25, -0.2) is 4.39 Å². The summed E-state index contributed by atoms with van der Waals surface area (Å²) >= 11 is 1.63. The normalized spacial score (nSPS) is 15.0. The van der Waals surface area contributed by atoms with Crippen LogP contribution in [0.2, 0.25) is 0 Å². The molecule has 124 valence electrons. The Balaban J connectivity index is 0.00000192. The molecule has 0 saturated carbocycles. The van der Waals surface area contributed by atoms with E-state index < -0.39 is 0 Å². The van der Waals surface area contributed by atoms with Gasteiger partial charge in [0.25, 0.3) is 0 Å². The zero-order valence-corrected chi connectivity index (χ0v) is 14.7. The van der Waals surface area contributed by atoms with Crippen molar-refractivity contribution < 1.29 is 9.13 Å². The average Bonchev–Trinajstić information content (AvgIpc) is 2.56. The van der Waals surface area contributed by atoms with E-state index in [2.05, 4.69) is 5.32 Å². The van der Waals surface area contributed by atoms with Crippen molar-refractivity contribution in [2.75, 3.05) is 20.2 Å². The molecule has 1 aliphatic rings. The highest BCUT2D eigenvalue weighted by atomic mass is 35.5. The highest BCUT2D eigenvalue weighted by molar-refractivity contribution is 7.99. The molecule has 1 heterocycles. The number of ether oxygens (including phenoxy) is 1. The minimum Gasteiger partial charge on any atom is -0.497 e. The molecular formula is C18H21ClFNOS. The fraction of sp³-hybridized carbons (Fsp3) is 0.333. The second-order valence-electron chi connectivity index (χ2n) is 5.48. The lowest BCUT2D eigenvalue weighted by Crippen LogP contribution is -2.26. The number of piperidine rings is 1. The number of benzene rings is 2. The van der Waals surface area contributed by atoms with Gasteiger partial charge in [0.1, 0.15) is 11.6 Å². The van der Waals surface area contributed by atoms with Gasteiger partial charge < -0.3 is 10.1 Å². The average molecular weight is 354 g/mol. The molecule has 23 heavy (non-hydrogen) atoms. The van der Waals surface area contributed by atoms with E-state index in [-0.39, 0.29) is 18.2 Å². The summed E-state index contributed by atoms with van der Waals surface area (Å²) in [7, 11) is 1.66. The monoisotopic (exact) mass is 353 g/mol. The van der Waals surface area contributed by atoms with Crippen molar-refractivity contribution in [1.29, 1.82) is 0 Å². The highest BCUT2D eigenvalue weighted by Gasteiger charge is 2.19. The van der Waals surface area contributed by atoms with Gasteiger partial charge in [-0.1, -0.05) is 17.8 Å². The van der Waals surface area contributed by atoms with Crippen molar-refractivity contribution in [1.82, 2.24) is 5.32 Å². The predicted molar refractivity (Wildman–Crippen MR) is 95.6 cm³/mol. The Hall–Kier alpha value is -1.23. The molecule has 0 unspecified atom stereocenters. The third-order valence-corrected chi connectivity index (χ3v) is 5.12. The Morgan fingerprint density at radius 3 is 2.43 bits per heavy atom. The molecule has 2 nitrogen and oxygen atoms in total. The van der Waals surface area contributed by atoms with E-state index >= 15 is 0 Å². The SMILES string of the molecule is COc1ccc(Sc2cc(F)ccc2C2CCNCC2)cc1.Cl. The lowest BCUT2D eigenvalue weighted by atomic mass is 9.90. The Morgan fingerprint density at radius 2 is 1.78 bits per heavy atom. The second kappa shape index (κ2) is 8.57. The third kappa shape index (κ3) is 4.63. The Labute approximate surface area is 147 Å². The van der Waals surface area contributed by atoms with Crippen LogP contribution in [-0.4, -0.2) is 20.2 Å². The van der Waals surface area contributed by atoms with E-state index in [1.165, 1.54) is 5.56 Å². The molecule has 0 amide bonds. The number of halogens is 2. The minimum atomic E-state index is -0.173. The highest BCUT2D eigenvalue weighted by Crippen LogP contribution is 2.37. The fourth-order valence-electron chi connectivity index (χ4n) is 2.84. The predicted octanol–water partition coefficient (Wildman–Crippen LogP) is 4.87. The van der Waals surface area contributed by atoms with Gasteiger partial charge in [-0.2, -0.15) is 0 Å². The maximum absolute atomic E-state index is 13.7. The van der Waals surface area contributed by atoms with Gasteiger partial charge in [0.05, 0.1) is 7.11 Å². The smallest absolute Gasteiger partial charge is 0.124 e. The Bertz CT molecular complexity index is 629. The van der Waals surface area contributed by atoms with Crippen molar-refractivity contribution >= 4 is 24.2 Å². The van der Waals surface area contributed by atoms with Crippen LogP contribution >= 0.6 is 24.2 Å². The van der Waals surface area contributed by atoms with Crippen molar-refractivity contribution in [3.8, 4) is 5.75 Å². The standard InChI is InChI=1S/C18H20FNOS.ClH/c1-21-15-3-5-16(6-4-15)22-18-12-14(19)2-7-17(18)13-8-10-20-11-9-13;/h2-7,12-13,20H,8-11H2,1H3;1H. The fourth-order valence-corrected chi connectivity index (χ4v) is 3.89. The second-order valence-corrected chi connectivity index (χ2v) is 6.60. The summed E-state index contributed by atoms with van der Waals surface area (Å²) in [6.45, 7) is 2.07. The van der Waals surface area contributed by atoms with Crippen LogP contribution in [0.25, 0.3) is 0 Å². The van der Waals surface area contributed by atoms with Crippen LogP contribution in [0.1, 0.15) is 24.3 Å². The summed E-state index contributed by atoms with van der Waals surface area (Å²) in [5, 5.41) is 3.38. The summed E-state index contributed by atoms with van der Waals surface area (Å²) < 4.78 is 18.9.